The molecule has 88 valence electrons. The summed E-state index contributed by atoms with van der Waals surface area (Å²) in [7, 11) is 1.55. The number of primary amides is 1. The van der Waals surface area contributed by atoms with E-state index < -0.39 is 17.8 Å². The van der Waals surface area contributed by atoms with Gasteiger partial charge in [0.15, 0.2) is 0 Å². The molecule has 5 heteroatoms. The van der Waals surface area contributed by atoms with Crippen LogP contribution in [0.3, 0.4) is 0 Å². The van der Waals surface area contributed by atoms with Crippen molar-refractivity contribution in [1.82, 2.24) is 0 Å². The number of aliphatic hydroxyl groups excluding tert-OH is 1. The Bertz CT molecular complexity index is 394. The molecule has 0 bridgehead atoms. The quantitative estimate of drug-likeness (QED) is 0.798. The predicted molar refractivity (Wildman–Crippen MR) is 59.5 cm³/mol. The number of anilines is 1. The normalized spacial score (nSPS) is 12.2. The van der Waals surface area contributed by atoms with Crippen LogP contribution in [0.1, 0.15) is 18.6 Å². The maximum absolute atomic E-state index is 13.6. The van der Waals surface area contributed by atoms with Crippen LogP contribution in [-0.2, 0) is 4.79 Å². The van der Waals surface area contributed by atoms with Crippen LogP contribution in [0.25, 0.3) is 0 Å². The van der Waals surface area contributed by atoms with Crippen molar-refractivity contribution in [2.45, 2.75) is 13.0 Å². The van der Waals surface area contributed by atoms with Crippen LogP contribution < -0.4 is 10.6 Å². The molecule has 0 radical (unpaired) electrons. The van der Waals surface area contributed by atoms with E-state index in [4.69, 9.17) is 5.73 Å². The third kappa shape index (κ3) is 2.70. The van der Waals surface area contributed by atoms with Gasteiger partial charge in [-0.3, -0.25) is 4.79 Å². The summed E-state index contributed by atoms with van der Waals surface area (Å²) in [5.41, 5.74) is 5.68. The van der Waals surface area contributed by atoms with Gasteiger partial charge in [-0.05, 0) is 13.0 Å². The molecule has 0 heterocycles. The minimum absolute atomic E-state index is 0.0966. The van der Waals surface area contributed by atoms with Crippen LogP contribution >= 0.6 is 0 Å². The Morgan fingerprint density at radius 1 is 1.62 bits per heavy atom. The molecule has 0 saturated heterocycles. The van der Waals surface area contributed by atoms with Gasteiger partial charge in [0.25, 0.3) is 0 Å². The number of nitrogens with two attached hydrogens (primary N) is 1. The highest BCUT2D eigenvalue weighted by Gasteiger charge is 2.16. The van der Waals surface area contributed by atoms with Gasteiger partial charge >= 0.3 is 0 Å². The molecule has 0 aromatic heterocycles. The minimum atomic E-state index is -0.805. The largest absolute Gasteiger partial charge is 0.389 e. The maximum Gasteiger partial charge on any atom is 0.236 e. The molecule has 0 aliphatic heterocycles. The SMILES string of the molecule is C[C@H](O)c1cccc(F)c1N(C)CC(N)=O. The molecule has 1 atom stereocenters. The van der Waals surface area contributed by atoms with Crippen LogP contribution in [0.5, 0.6) is 0 Å². The lowest BCUT2D eigenvalue weighted by atomic mass is 10.1. The molecule has 3 N–H and O–H groups in total. The van der Waals surface area contributed by atoms with E-state index in [0.717, 1.165) is 0 Å². The molecule has 1 aromatic carbocycles. The second-order valence-electron chi connectivity index (χ2n) is 3.68. The highest BCUT2D eigenvalue weighted by Crippen LogP contribution is 2.28. The number of rotatable bonds is 4. The number of nitrogens with zero attached hydrogens (tertiary/aromatic N) is 1. The van der Waals surface area contributed by atoms with Gasteiger partial charge in [0, 0.05) is 12.6 Å². The Labute approximate surface area is 93.5 Å². The molecule has 16 heavy (non-hydrogen) atoms. The van der Waals surface area contributed by atoms with Gasteiger partial charge in [0.05, 0.1) is 18.3 Å². The van der Waals surface area contributed by atoms with Crippen LogP contribution in [0.15, 0.2) is 18.2 Å². The highest BCUT2D eigenvalue weighted by molar-refractivity contribution is 5.79. The molecular weight excluding hydrogens is 211 g/mol. The number of benzene rings is 1. The van der Waals surface area contributed by atoms with Gasteiger partial charge in [0.2, 0.25) is 5.91 Å². The lowest BCUT2D eigenvalue weighted by Crippen LogP contribution is -2.31. The first kappa shape index (κ1) is 12.4. The van der Waals surface area contributed by atoms with Crippen molar-refractivity contribution >= 4 is 11.6 Å². The molecule has 0 spiro atoms. The van der Waals surface area contributed by atoms with E-state index in [1.54, 1.807) is 13.1 Å². The van der Waals surface area contributed by atoms with Gasteiger partial charge in [-0.15, -0.1) is 0 Å². The summed E-state index contributed by atoms with van der Waals surface area (Å²) in [5.74, 6) is -1.04. The standard InChI is InChI=1S/C11H15FN2O2/c1-7(15)8-4-3-5-9(12)11(8)14(2)6-10(13)16/h3-5,7,15H,6H2,1-2H3,(H2,13,16)/t7-/m0/s1. The predicted octanol–water partition coefficient (Wildman–Crippen LogP) is 0.800. The summed E-state index contributed by atoms with van der Waals surface area (Å²) >= 11 is 0. The summed E-state index contributed by atoms with van der Waals surface area (Å²) in [6, 6.07) is 4.40. The Balaban J connectivity index is 3.14. The number of hydrogen-bond acceptors (Lipinski definition) is 3. The Morgan fingerprint density at radius 2 is 2.25 bits per heavy atom. The van der Waals surface area contributed by atoms with E-state index in [9.17, 15) is 14.3 Å². The topological polar surface area (TPSA) is 66.6 Å². The fraction of sp³-hybridized carbons (Fsp3) is 0.364. The number of hydrogen-bond donors (Lipinski definition) is 2. The number of amides is 1. The van der Waals surface area contributed by atoms with Crippen LogP contribution in [0.2, 0.25) is 0 Å². The lowest BCUT2D eigenvalue weighted by Gasteiger charge is -2.22. The van der Waals surface area contributed by atoms with Gasteiger partial charge < -0.3 is 15.7 Å². The Morgan fingerprint density at radius 3 is 2.75 bits per heavy atom. The first-order chi connectivity index (χ1) is 7.43. The van der Waals surface area contributed by atoms with Crippen molar-refractivity contribution in [3.05, 3.63) is 29.6 Å². The van der Waals surface area contributed by atoms with E-state index >= 15 is 0 Å². The van der Waals surface area contributed by atoms with Crippen molar-refractivity contribution in [1.29, 1.82) is 0 Å². The van der Waals surface area contributed by atoms with Gasteiger partial charge in [-0.1, -0.05) is 12.1 Å². The molecular formula is C11H15FN2O2. The molecule has 4 nitrogen and oxygen atoms in total. The van der Waals surface area contributed by atoms with Gasteiger partial charge in [-0.2, -0.15) is 0 Å². The van der Waals surface area contributed by atoms with Crippen molar-refractivity contribution < 1.29 is 14.3 Å². The van der Waals surface area contributed by atoms with Crippen LogP contribution in [-0.4, -0.2) is 24.6 Å². The zero-order valence-corrected chi connectivity index (χ0v) is 9.27. The maximum atomic E-state index is 13.6. The van der Waals surface area contributed by atoms with Crippen molar-refractivity contribution in [2.75, 3.05) is 18.5 Å². The van der Waals surface area contributed by atoms with E-state index in [1.165, 1.54) is 24.0 Å². The van der Waals surface area contributed by atoms with Crippen molar-refractivity contribution in [3.63, 3.8) is 0 Å². The molecule has 0 unspecified atom stereocenters. The molecule has 0 aliphatic carbocycles. The zero-order chi connectivity index (χ0) is 12.3. The number of para-hydroxylation sites is 1. The molecule has 1 rings (SSSR count). The number of halogens is 1. The zero-order valence-electron chi connectivity index (χ0n) is 9.27. The number of carbonyl (C=O) groups is 1. The molecule has 0 aliphatic rings. The molecule has 1 amide bonds. The number of carbonyl (C=O) groups excluding carboxylic acids is 1. The average Bonchev–Trinajstić information content (AvgIpc) is 2.15. The summed E-state index contributed by atoms with van der Waals surface area (Å²) in [4.78, 5) is 12.2. The van der Waals surface area contributed by atoms with E-state index in [2.05, 4.69) is 0 Å². The highest BCUT2D eigenvalue weighted by atomic mass is 19.1. The van der Waals surface area contributed by atoms with Gasteiger partial charge in [-0.25, -0.2) is 4.39 Å². The number of aliphatic hydroxyl groups is 1. The average molecular weight is 226 g/mol. The fourth-order valence-corrected chi connectivity index (χ4v) is 1.58. The molecule has 1 aromatic rings. The minimum Gasteiger partial charge on any atom is -0.389 e. The third-order valence-corrected chi connectivity index (χ3v) is 2.24. The summed E-state index contributed by atoms with van der Waals surface area (Å²) in [6.07, 6.45) is -0.805. The molecule has 0 saturated carbocycles. The first-order valence-electron chi connectivity index (χ1n) is 4.89. The summed E-state index contributed by atoms with van der Waals surface area (Å²) in [5, 5.41) is 9.50. The summed E-state index contributed by atoms with van der Waals surface area (Å²) < 4.78 is 13.6. The van der Waals surface area contributed by atoms with E-state index in [1.807, 2.05) is 0 Å². The monoisotopic (exact) mass is 226 g/mol. The molecule has 0 fully saturated rings. The first-order valence-corrected chi connectivity index (χ1v) is 4.89. The van der Waals surface area contributed by atoms with E-state index in [0.29, 0.717) is 5.56 Å². The second-order valence-corrected chi connectivity index (χ2v) is 3.68. The van der Waals surface area contributed by atoms with Crippen LogP contribution in [0, 0.1) is 5.82 Å². The summed E-state index contributed by atoms with van der Waals surface area (Å²) in [6.45, 7) is 1.44. The number of likely N-dealkylation sites (N-methyl/N-ethyl adjacent to an activating group) is 1. The Kier molecular flexibility index (Phi) is 3.84. The smallest absolute Gasteiger partial charge is 0.236 e. The van der Waals surface area contributed by atoms with Crippen molar-refractivity contribution in [3.8, 4) is 0 Å². The van der Waals surface area contributed by atoms with E-state index in [-0.39, 0.29) is 12.2 Å². The fourth-order valence-electron chi connectivity index (χ4n) is 1.58. The second kappa shape index (κ2) is 4.94. The Hall–Kier alpha value is -1.62. The third-order valence-electron chi connectivity index (χ3n) is 2.24. The van der Waals surface area contributed by atoms with Crippen LogP contribution in [0.4, 0.5) is 10.1 Å². The van der Waals surface area contributed by atoms with Gasteiger partial charge in [0.1, 0.15) is 5.82 Å². The lowest BCUT2D eigenvalue weighted by molar-refractivity contribution is -0.116. The van der Waals surface area contributed by atoms with Crippen molar-refractivity contribution in [2.24, 2.45) is 5.73 Å².